The van der Waals surface area contributed by atoms with Crippen LogP contribution in [0.4, 0.5) is 5.69 Å². The summed E-state index contributed by atoms with van der Waals surface area (Å²) in [4.78, 5) is 12.2. The highest BCUT2D eigenvalue weighted by Crippen LogP contribution is 2.21. The quantitative estimate of drug-likeness (QED) is 0.898. The second kappa shape index (κ2) is 7.40. The molecule has 1 amide bonds. The van der Waals surface area contributed by atoms with Gasteiger partial charge in [0.2, 0.25) is 0 Å². The van der Waals surface area contributed by atoms with E-state index in [1.165, 1.54) is 0 Å². The van der Waals surface area contributed by atoms with Crippen molar-refractivity contribution < 1.29 is 9.53 Å². The summed E-state index contributed by atoms with van der Waals surface area (Å²) in [7, 11) is 0. The van der Waals surface area contributed by atoms with E-state index in [0.717, 1.165) is 17.8 Å². The maximum absolute atomic E-state index is 12.2. The first-order valence-corrected chi connectivity index (χ1v) is 7.03. The molecule has 7 heteroatoms. The minimum atomic E-state index is -0.410. The van der Waals surface area contributed by atoms with Gasteiger partial charge in [0.25, 0.3) is 5.91 Å². The Morgan fingerprint density at radius 1 is 1.41 bits per heavy atom. The Bertz CT molecular complexity index is 618. The molecule has 1 fully saturated rings. The third kappa shape index (κ3) is 3.65. The number of hydrogen-bond donors (Lipinski definition) is 2. The van der Waals surface area contributed by atoms with Crippen molar-refractivity contribution in [2.24, 2.45) is 5.73 Å². The predicted molar refractivity (Wildman–Crippen MR) is 86.4 cm³/mol. The Kier molecular flexibility index (Phi) is 5.54. The molecule has 6 nitrogen and oxygen atoms in total. The summed E-state index contributed by atoms with van der Waals surface area (Å²) in [6, 6.07) is 9.38. The van der Waals surface area contributed by atoms with Gasteiger partial charge in [0.1, 0.15) is 6.10 Å². The van der Waals surface area contributed by atoms with E-state index >= 15 is 0 Å². The number of hydrogen-bond acceptors (Lipinski definition) is 4. The van der Waals surface area contributed by atoms with Gasteiger partial charge in [-0.1, -0.05) is 6.07 Å². The molecular formula is C15H19ClN4O2. The second-order valence-corrected chi connectivity index (χ2v) is 5.05. The highest BCUT2D eigenvalue weighted by atomic mass is 35.5. The number of benzene rings is 1. The zero-order valence-corrected chi connectivity index (χ0v) is 12.8. The lowest BCUT2D eigenvalue weighted by Crippen LogP contribution is -2.29. The number of rotatable bonds is 4. The summed E-state index contributed by atoms with van der Waals surface area (Å²) in [6.45, 7) is 0.457. The lowest BCUT2D eigenvalue weighted by Gasteiger charge is -2.13. The van der Waals surface area contributed by atoms with E-state index in [2.05, 4.69) is 10.4 Å². The van der Waals surface area contributed by atoms with E-state index in [1.807, 2.05) is 36.5 Å². The zero-order valence-electron chi connectivity index (χ0n) is 12.0. The van der Waals surface area contributed by atoms with Crippen molar-refractivity contribution in [2.75, 3.05) is 11.9 Å². The monoisotopic (exact) mass is 322 g/mol. The molecular weight excluding hydrogens is 304 g/mol. The first-order chi connectivity index (χ1) is 10.3. The molecule has 3 N–H and O–H groups in total. The van der Waals surface area contributed by atoms with Crippen LogP contribution in [-0.4, -0.2) is 34.4 Å². The van der Waals surface area contributed by atoms with Crippen LogP contribution in [-0.2, 0) is 9.53 Å². The lowest BCUT2D eigenvalue weighted by atomic mass is 10.2. The van der Waals surface area contributed by atoms with E-state index in [1.54, 1.807) is 10.9 Å². The Morgan fingerprint density at radius 3 is 2.95 bits per heavy atom. The van der Waals surface area contributed by atoms with Crippen molar-refractivity contribution in [2.45, 2.75) is 25.0 Å². The molecule has 1 aromatic heterocycles. The van der Waals surface area contributed by atoms with Crippen LogP contribution >= 0.6 is 12.4 Å². The van der Waals surface area contributed by atoms with Crippen molar-refractivity contribution in [1.29, 1.82) is 0 Å². The van der Waals surface area contributed by atoms with Gasteiger partial charge in [-0.05, 0) is 37.1 Å². The van der Waals surface area contributed by atoms with Gasteiger partial charge in [-0.3, -0.25) is 4.79 Å². The van der Waals surface area contributed by atoms with Gasteiger partial charge < -0.3 is 15.8 Å². The Morgan fingerprint density at radius 2 is 2.27 bits per heavy atom. The summed E-state index contributed by atoms with van der Waals surface area (Å²) < 4.78 is 7.33. The fourth-order valence-electron chi connectivity index (χ4n) is 2.44. The van der Waals surface area contributed by atoms with Crippen LogP contribution in [0.3, 0.4) is 0 Å². The molecule has 0 spiro atoms. The first-order valence-electron chi connectivity index (χ1n) is 7.03. The molecule has 0 bridgehead atoms. The fourth-order valence-corrected chi connectivity index (χ4v) is 2.44. The van der Waals surface area contributed by atoms with Crippen LogP contribution in [0.25, 0.3) is 5.69 Å². The van der Waals surface area contributed by atoms with Crippen LogP contribution in [0, 0.1) is 0 Å². The minimum absolute atomic E-state index is 0. The minimum Gasteiger partial charge on any atom is -0.364 e. The molecule has 2 heterocycles. The number of nitrogens with zero attached hydrogens (tertiary/aromatic N) is 2. The molecule has 1 aliphatic heterocycles. The van der Waals surface area contributed by atoms with Gasteiger partial charge in [-0.2, -0.15) is 5.10 Å². The van der Waals surface area contributed by atoms with Gasteiger partial charge >= 0.3 is 0 Å². The second-order valence-electron chi connectivity index (χ2n) is 5.05. The van der Waals surface area contributed by atoms with Gasteiger partial charge in [0, 0.05) is 24.6 Å². The predicted octanol–water partition coefficient (Wildman–Crippen LogP) is 1.74. The third-order valence-electron chi connectivity index (χ3n) is 3.55. The van der Waals surface area contributed by atoms with Crippen LogP contribution in [0.15, 0.2) is 42.7 Å². The molecule has 0 saturated carbocycles. The molecule has 3 rings (SSSR count). The number of ether oxygens (including phenoxy) is 1. The summed E-state index contributed by atoms with van der Waals surface area (Å²) in [6.07, 6.45) is 4.70. The summed E-state index contributed by atoms with van der Waals surface area (Å²) in [5.41, 5.74) is 7.18. The topological polar surface area (TPSA) is 82.2 Å². The van der Waals surface area contributed by atoms with E-state index < -0.39 is 6.10 Å². The normalized spacial score (nSPS) is 20.4. The number of anilines is 1. The average Bonchev–Trinajstić information content (AvgIpc) is 3.19. The molecule has 2 atom stereocenters. The van der Waals surface area contributed by atoms with Gasteiger partial charge in [-0.15, -0.1) is 12.4 Å². The first kappa shape index (κ1) is 16.5. The highest BCUT2D eigenvalue weighted by Gasteiger charge is 2.29. The molecule has 1 aliphatic rings. The summed E-state index contributed by atoms with van der Waals surface area (Å²) in [5.74, 6) is -0.122. The van der Waals surface area contributed by atoms with E-state index in [-0.39, 0.29) is 24.4 Å². The number of carbonyl (C=O) groups excluding carboxylic acids is 1. The highest BCUT2D eigenvalue weighted by molar-refractivity contribution is 5.94. The summed E-state index contributed by atoms with van der Waals surface area (Å²) in [5, 5.41) is 7.06. The van der Waals surface area contributed by atoms with E-state index in [4.69, 9.17) is 10.5 Å². The molecule has 2 aromatic rings. The van der Waals surface area contributed by atoms with Crippen LogP contribution in [0.2, 0.25) is 0 Å². The number of aromatic nitrogens is 2. The van der Waals surface area contributed by atoms with Gasteiger partial charge in [0.15, 0.2) is 0 Å². The largest absolute Gasteiger partial charge is 0.364 e. The number of nitrogens with two attached hydrogens (primary N) is 1. The van der Waals surface area contributed by atoms with Crippen molar-refractivity contribution in [3.8, 4) is 5.69 Å². The third-order valence-corrected chi connectivity index (χ3v) is 3.55. The van der Waals surface area contributed by atoms with Crippen molar-refractivity contribution in [3.63, 3.8) is 0 Å². The number of nitrogens with one attached hydrogen (secondary N) is 1. The molecule has 0 unspecified atom stereocenters. The maximum atomic E-state index is 12.2. The SMILES string of the molecule is Cl.NC[C@H]1CC[C@@H](C(=O)Nc2cccc(-n3cccn3)c2)O1. The fraction of sp³-hybridized carbons (Fsp3) is 0.333. The van der Waals surface area contributed by atoms with Crippen LogP contribution < -0.4 is 11.1 Å². The molecule has 1 saturated heterocycles. The maximum Gasteiger partial charge on any atom is 0.253 e. The number of amides is 1. The van der Waals surface area contributed by atoms with Crippen LogP contribution in [0.1, 0.15) is 12.8 Å². The number of halogens is 1. The molecule has 22 heavy (non-hydrogen) atoms. The summed E-state index contributed by atoms with van der Waals surface area (Å²) >= 11 is 0. The van der Waals surface area contributed by atoms with Crippen LogP contribution in [0.5, 0.6) is 0 Å². The zero-order chi connectivity index (χ0) is 14.7. The number of carbonyl (C=O) groups is 1. The molecule has 1 aromatic carbocycles. The van der Waals surface area contributed by atoms with Gasteiger partial charge in [0.05, 0.1) is 11.8 Å². The smallest absolute Gasteiger partial charge is 0.253 e. The molecule has 0 aliphatic carbocycles. The Balaban J connectivity index is 0.00000176. The lowest BCUT2D eigenvalue weighted by molar-refractivity contribution is -0.126. The Hall–Kier alpha value is -1.89. The van der Waals surface area contributed by atoms with Gasteiger partial charge in [-0.25, -0.2) is 4.68 Å². The Labute approximate surface area is 135 Å². The van der Waals surface area contributed by atoms with E-state index in [9.17, 15) is 4.79 Å². The molecule has 118 valence electrons. The molecule has 0 radical (unpaired) electrons. The standard InChI is InChI=1S/C15H18N4O2.ClH/c16-10-13-5-6-14(21-13)15(20)18-11-3-1-4-12(9-11)19-8-2-7-17-19;/h1-4,7-9,13-14H,5-6,10,16H2,(H,18,20);1H/t13-,14+;/m1./s1. The van der Waals surface area contributed by atoms with Crippen molar-refractivity contribution in [3.05, 3.63) is 42.7 Å². The van der Waals surface area contributed by atoms with Crippen molar-refractivity contribution in [1.82, 2.24) is 9.78 Å². The average molecular weight is 323 g/mol. The van der Waals surface area contributed by atoms with E-state index in [0.29, 0.717) is 13.0 Å². The van der Waals surface area contributed by atoms with Crippen molar-refractivity contribution >= 4 is 24.0 Å².